The summed E-state index contributed by atoms with van der Waals surface area (Å²) in [7, 11) is -3.41. The van der Waals surface area contributed by atoms with Crippen LogP contribution in [0.25, 0.3) is 0 Å². The standard InChI is InChI=1S/C14H18N2O2S2/c1-2-19-12-8-5-7-11(12)15-14-10-6-3-4-9-13(10)20(17,18)16-14/h3-4,6,9,11-12H,2,5,7-8H2,1H3,(H,15,16). The van der Waals surface area contributed by atoms with Crippen LogP contribution in [0.5, 0.6) is 0 Å². The van der Waals surface area contributed by atoms with Gasteiger partial charge in [-0.3, -0.25) is 9.71 Å². The van der Waals surface area contributed by atoms with Crippen LogP contribution in [0.2, 0.25) is 0 Å². The van der Waals surface area contributed by atoms with Crippen LogP contribution in [0.3, 0.4) is 0 Å². The van der Waals surface area contributed by atoms with Gasteiger partial charge in [0.25, 0.3) is 10.0 Å². The van der Waals surface area contributed by atoms with Crippen LogP contribution >= 0.6 is 11.8 Å². The Morgan fingerprint density at radius 2 is 2.15 bits per heavy atom. The maximum atomic E-state index is 12.0. The van der Waals surface area contributed by atoms with Gasteiger partial charge < -0.3 is 0 Å². The van der Waals surface area contributed by atoms with Crippen LogP contribution in [-0.4, -0.2) is 31.3 Å². The first-order valence-corrected chi connectivity index (χ1v) is 9.46. The number of nitrogens with zero attached hydrogens (tertiary/aromatic N) is 1. The molecule has 108 valence electrons. The fourth-order valence-corrected chi connectivity index (χ4v) is 5.28. The molecule has 1 aromatic carbocycles. The quantitative estimate of drug-likeness (QED) is 0.932. The Hall–Kier alpha value is -1.01. The summed E-state index contributed by atoms with van der Waals surface area (Å²) in [5.74, 6) is 1.60. The average Bonchev–Trinajstić information content (AvgIpc) is 2.95. The molecule has 1 saturated carbocycles. The minimum atomic E-state index is -3.41. The van der Waals surface area contributed by atoms with Crippen LogP contribution < -0.4 is 4.72 Å². The topological polar surface area (TPSA) is 58.5 Å². The molecule has 1 fully saturated rings. The molecule has 0 spiro atoms. The van der Waals surface area contributed by atoms with Gasteiger partial charge in [0.1, 0.15) is 5.84 Å². The Morgan fingerprint density at radius 1 is 1.35 bits per heavy atom. The highest BCUT2D eigenvalue weighted by molar-refractivity contribution is 7.99. The Morgan fingerprint density at radius 3 is 2.95 bits per heavy atom. The first-order valence-electron chi connectivity index (χ1n) is 6.93. The van der Waals surface area contributed by atoms with E-state index in [0.29, 0.717) is 21.5 Å². The van der Waals surface area contributed by atoms with Crippen molar-refractivity contribution < 1.29 is 8.42 Å². The van der Waals surface area contributed by atoms with Gasteiger partial charge in [-0.1, -0.05) is 25.5 Å². The summed E-state index contributed by atoms with van der Waals surface area (Å²) in [5, 5.41) is 0.518. The second-order valence-corrected chi connectivity index (χ2v) is 8.24. The molecule has 2 atom stereocenters. The summed E-state index contributed by atoms with van der Waals surface area (Å²) in [6.07, 6.45) is 3.40. The molecule has 2 aliphatic rings. The van der Waals surface area contributed by atoms with Crippen LogP contribution in [-0.2, 0) is 10.0 Å². The molecule has 1 N–H and O–H groups in total. The number of amidine groups is 1. The molecule has 1 aliphatic carbocycles. The lowest BCUT2D eigenvalue weighted by molar-refractivity contribution is 0.595. The van der Waals surface area contributed by atoms with Crippen LogP contribution in [0.1, 0.15) is 31.7 Å². The van der Waals surface area contributed by atoms with Crippen molar-refractivity contribution in [2.24, 2.45) is 4.99 Å². The summed E-state index contributed by atoms with van der Waals surface area (Å²) in [4.78, 5) is 5.06. The lowest BCUT2D eigenvalue weighted by Gasteiger charge is -2.15. The number of sulfonamides is 1. The predicted molar refractivity (Wildman–Crippen MR) is 82.9 cm³/mol. The van der Waals surface area contributed by atoms with Crippen LogP contribution in [0.4, 0.5) is 0 Å². The number of thioether (sulfide) groups is 1. The summed E-state index contributed by atoms with van der Waals surface area (Å²) in [6, 6.07) is 7.27. The van der Waals surface area contributed by atoms with Gasteiger partial charge in [-0.2, -0.15) is 11.8 Å². The van der Waals surface area contributed by atoms with Crippen molar-refractivity contribution in [3.05, 3.63) is 29.8 Å². The molecule has 0 amide bonds. The second kappa shape index (κ2) is 5.41. The minimum Gasteiger partial charge on any atom is -0.263 e. The Kier molecular flexibility index (Phi) is 3.77. The van der Waals surface area contributed by atoms with Crippen molar-refractivity contribution >= 4 is 27.6 Å². The third-order valence-corrected chi connectivity index (χ3v) is 6.46. The SMILES string of the molecule is CCSC1CCCC1N=C1NS(=O)(=O)c2ccccc21. The predicted octanol–water partition coefficient (Wildman–Crippen LogP) is 2.40. The van der Waals surface area contributed by atoms with Crippen molar-refractivity contribution in [1.82, 2.24) is 4.72 Å². The van der Waals surface area contributed by atoms with Gasteiger partial charge in [-0.15, -0.1) is 0 Å². The first kappa shape index (κ1) is 13.9. The van der Waals surface area contributed by atoms with Crippen molar-refractivity contribution in [2.45, 2.75) is 42.4 Å². The molecule has 1 aliphatic heterocycles. The van der Waals surface area contributed by atoms with E-state index in [9.17, 15) is 8.42 Å². The lowest BCUT2D eigenvalue weighted by atomic mass is 10.2. The molecule has 0 bridgehead atoms. The van der Waals surface area contributed by atoms with Crippen molar-refractivity contribution in [2.75, 3.05) is 5.75 Å². The number of hydrogen-bond donors (Lipinski definition) is 1. The smallest absolute Gasteiger partial charge is 0.263 e. The van der Waals surface area contributed by atoms with Crippen LogP contribution in [0.15, 0.2) is 34.2 Å². The van der Waals surface area contributed by atoms with Gasteiger partial charge in [-0.05, 0) is 30.7 Å². The number of aliphatic imine (C=N–C) groups is 1. The van der Waals surface area contributed by atoms with Gasteiger partial charge in [0.2, 0.25) is 0 Å². The molecule has 0 aromatic heterocycles. The maximum Gasteiger partial charge on any atom is 0.263 e. The van der Waals surface area contributed by atoms with Crippen LogP contribution in [0, 0.1) is 0 Å². The normalized spacial score (nSPS) is 29.4. The van der Waals surface area contributed by atoms with E-state index in [4.69, 9.17) is 4.99 Å². The number of rotatable bonds is 3. The number of hydrogen-bond acceptors (Lipinski definition) is 4. The monoisotopic (exact) mass is 310 g/mol. The summed E-state index contributed by atoms with van der Waals surface area (Å²) < 4.78 is 26.7. The molecule has 2 unspecified atom stereocenters. The fourth-order valence-electron chi connectivity index (χ4n) is 2.86. The van der Waals surface area contributed by atoms with E-state index in [2.05, 4.69) is 11.6 Å². The number of nitrogens with one attached hydrogen (secondary N) is 1. The van der Waals surface area contributed by atoms with E-state index in [-0.39, 0.29) is 6.04 Å². The number of benzene rings is 1. The van der Waals surface area contributed by atoms with Crippen molar-refractivity contribution in [3.8, 4) is 0 Å². The van der Waals surface area contributed by atoms with E-state index in [0.717, 1.165) is 12.2 Å². The Balaban J connectivity index is 1.94. The van der Waals surface area contributed by atoms with E-state index in [1.165, 1.54) is 12.8 Å². The molecule has 0 radical (unpaired) electrons. The van der Waals surface area contributed by atoms with Gasteiger partial charge in [0.05, 0.1) is 10.9 Å². The first-order chi connectivity index (χ1) is 9.62. The third-order valence-electron chi connectivity index (χ3n) is 3.76. The highest BCUT2D eigenvalue weighted by Crippen LogP contribution is 2.33. The largest absolute Gasteiger partial charge is 0.263 e. The highest BCUT2D eigenvalue weighted by atomic mass is 32.2. The van der Waals surface area contributed by atoms with E-state index >= 15 is 0 Å². The molecule has 1 aromatic rings. The second-order valence-electron chi connectivity index (χ2n) is 5.07. The van der Waals surface area contributed by atoms with Crippen molar-refractivity contribution in [3.63, 3.8) is 0 Å². The Labute approximate surface area is 124 Å². The van der Waals surface area contributed by atoms with Gasteiger partial charge in [0.15, 0.2) is 0 Å². The molecule has 1 heterocycles. The zero-order chi connectivity index (χ0) is 14.2. The molecule has 3 rings (SSSR count). The molecular weight excluding hydrogens is 292 g/mol. The summed E-state index contributed by atoms with van der Waals surface area (Å²) >= 11 is 1.93. The Bertz CT molecular complexity index is 640. The summed E-state index contributed by atoms with van der Waals surface area (Å²) in [6.45, 7) is 2.15. The van der Waals surface area contributed by atoms with E-state index in [1.54, 1.807) is 12.1 Å². The van der Waals surface area contributed by atoms with Gasteiger partial charge in [0, 0.05) is 10.8 Å². The molecule has 0 saturated heterocycles. The molecule has 4 nitrogen and oxygen atoms in total. The fraction of sp³-hybridized carbons (Fsp3) is 0.500. The third kappa shape index (κ3) is 2.46. The molecule has 6 heteroatoms. The van der Waals surface area contributed by atoms with Gasteiger partial charge in [-0.25, -0.2) is 8.42 Å². The van der Waals surface area contributed by atoms with E-state index < -0.39 is 10.0 Å². The zero-order valence-corrected chi connectivity index (χ0v) is 13.0. The van der Waals surface area contributed by atoms with E-state index in [1.807, 2.05) is 23.9 Å². The average molecular weight is 310 g/mol. The lowest BCUT2D eigenvalue weighted by Crippen LogP contribution is -2.26. The van der Waals surface area contributed by atoms with Crippen molar-refractivity contribution in [1.29, 1.82) is 0 Å². The highest BCUT2D eigenvalue weighted by Gasteiger charge is 2.33. The maximum absolute atomic E-state index is 12.0. The minimum absolute atomic E-state index is 0.226. The number of fused-ring (bicyclic) bond motifs is 1. The van der Waals surface area contributed by atoms with Gasteiger partial charge >= 0.3 is 0 Å². The zero-order valence-electron chi connectivity index (χ0n) is 11.4. The summed E-state index contributed by atoms with van der Waals surface area (Å²) in [5.41, 5.74) is 0.708. The molecule has 20 heavy (non-hydrogen) atoms. The molecular formula is C14H18N2O2S2.